The molecule has 282 valence electrons. The highest BCUT2D eigenvalue weighted by Crippen LogP contribution is 2.39. The van der Waals surface area contributed by atoms with Crippen LogP contribution in [0.4, 0.5) is 4.79 Å². The van der Waals surface area contributed by atoms with Gasteiger partial charge in [-0.3, -0.25) is 14.5 Å². The lowest BCUT2D eigenvalue weighted by Gasteiger charge is -2.39. The van der Waals surface area contributed by atoms with E-state index >= 15 is 0 Å². The zero-order valence-corrected chi connectivity index (χ0v) is 30.6. The van der Waals surface area contributed by atoms with Crippen molar-refractivity contribution in [2.24, 2.45) is 0 Å². The topological polar surface area (TPSA) is 118 Å². The van der Waals surface area contributed by atoms with Crippen LogP contribution in [0.5, 0.6) is 0 Å². The van der Waals surface area contributed by atoms with E-state index in [0.29, 0.717) is 0 Å². The highest BCUT2D eigenvalue weighted by atomic mass is 16.7. The quantitative estimate of drug-likeness (QED) is 0.156. The summed E-state index contributed by atoms with van der Waals surface area (Å²) in [6.45, 7) is 3.17. The van der Waals surface area contributed by atoms with Crippen molar-refractivity contribution in [2.45, 2.75) is 89.2 Å². The molecule has 7 rings (SSSR count). The Balaban J connectivity index is 1.03. The molecule has 0 spiro atoms. The van der Waals surface area contributed by atoms with Gasteiger partial charge in [0.2, 0.25) is 5.91 Å². The van der Waals surface area contributed by atoms with Gasteiger partial charge in [-0.1, -0.05) is 122 Å². The highest BCUT2D eigenvalue weighted by Gasteiger charge is 2.40. The van der Waals surface area contributed by atoms with Gasteiger partial charge in [0.1, 0.15) is 12.6 Å². The maximum absolute atomic E-state index is 13.3. The third-order valence-electron chi connectivity index (χ3n) is 10.6. The highest BCUT2D eigenvalue weighted by molar-refractivity contribution is 6.06. The minimum Gasteiger partial charge on any atom is -0.445 e. The molecule has 0 aliphatic carbocycles. The molecule has 4 unspecified atom stereocenters. The molecule has 54 heavy (non-hydrogen) atoms. The number of carbonyl (C=O) groups excluding carboxylic acids is 3. The van der Waals surface area contributed by atoms with Crippen LogP contribution >= 0.6 is 0 Å². The van der Waals surface area contributed by atoms with Crippen LogP contribution in [0.25, 0.3) is 11.1 Å². The molecule has 0 bridgehead atoms. The first kappa shape index (κ1) is 37.4. The normalized spacial score (nSPS) is 22.4. The molecule has 0 aromatic heterocycles. The van der Waals surface area contributed by atoms with E-state index in [1.54, 1.807) is 0 Å². The summed E-state index contributed by atoms with van der Waals surface area (Å²) >= 11 is 0. The number of aliphatic hydroxyl groups is 1. The van der Waals surface area contributed by atoms with E-state index in [2.05, 4.69) is 10.2 Å². The summed E-state index contributed by atoms with van der Waals surface area (Å²) in [6, 6.07) is 32.0. The number of hydrogen-bond donors (Lipinski definition) is 2. The summed E-state index contributed by atoms with van der Waals surface area (Å²) < 4.78 is 18.6. The standard InChI is InChI=1S/C44H49N3O7/c48-29-31-15-17-34(18-16-31)40-25-37(28-46-23-9-2-1-3-10-24-46)53-43(54-40)35-21-19-33(20-22-35)38-14-8-7-13-36(38)27-47-41(49)26-39(42(47)50)45-44(51)52-30-32-11-5-4-6-12-32/h4-8,11-22,37,39-40,43,48H,1-3,9-10,23-30H2,(H,45,51). The number of aliphatic hydroxyl groups excluding tert-OH is 1. The summed E-state index contributed by atoms with van der Waals surface area (Å²) in [7, 11) is 0. The van der Waals surface area contributed by atoms with Crippen LogP contribution in [-0.2, 0) is 43.6 Å². The van der Waals surface area contributed by atoms with E-state index in [0.717, 1.165) is 65.0 Å². The number of nitrogens with one attached hydrogen (secondary N) is 1. The van der Waals surface area contributed by atoms with Crippen molar-refractivity contribution < 1.29 is 33.7 Å². The van der Waals surface area contributed by atoms with Crippen molar-refractivity contribution in [3.63, 3.8) is 0 Å². The van der Waals surface area contributed by atoms with Crippen LogP contribution < -0.4 is 5.32 Å². The van der Waals surface area contributed by atoms with Gasteiger partial charge in [-0.05, 0) is 59.3 Å². The first-order valence-electron chi connectivity index (χ1n) is 19.2. The smallest absolute Gasteiger partial charge is 0.408 e. The van der Waals surface area contributed by atoms with Crippen LogP contribution in [0, 0.1) is 0 Å². The Morgan fingerprint density at radius 2 is 1.46 bits per heavy atom. The van der Waals surface area contributed by atoms with Crippen LogP contribution in [0.3, 0.4) is 0 Å². The lowest BCUT2D eigenvalue weighted by atomic mass is 9.97. The Kier molecular flexibility index (Phi) is 12.5. The molecule has 3 saturated heterocycles. The molecule has 3 fully saturated rings. The Labute approximate surface area is 317 Å². The van der Waals surface area contributed by atoms with E-state index in [-0.39, 0.29) is 44.3 Å². The first-order valence-corrected chi connectivity index (χ1v) is 19.2. The number of imide groups is 1. The molecule has 0 saturated carbocycles. The van der Waals surface area contributed by atoms with Crippen molar-refractivity contribution in [3.8, 4) is 11.1 Å². The maximum atomic E-state index is 13.3. The monoisotopic (exact) mass is 731 g/mol. The number of ether oxygens (including phenoxy) is 3. The third kappa shape index (κ3) is 9.43. The lowest BCUT2D eigenvalue weighted by molar-refractivity contribution is -0.253. The van der Waals surface area contributed by atoms with E-state index < -0.39 is 24.3 Å². The molecular weight excluding hydrogens is 682 g/mol. The summed E-state index contributed by atoms with van der Waals surface area (Å²) in [5.41, 5.74) is 6.29. The molecule has 0 radical (unpaired) electrons. The van der Waals surface area contributed by atoms with Crippen molar-refractivity contribution in [3.05, 3.63) is 131 Å². The number of benzene rings is 4. The van der Waals surface area contributed by atoms with E-state index in [9.17, 15) is 19.5 Å². The number of nitrogens with zero attached hydrogens (tertiary/aromatic N) is 2. The van der Waals surface area contributed by atoms with E-state index in [1.807, 2.05) is 103 Å². The number of carbonyl (C=O) groups is 3. The molecule has 3 aliphatic heterocycles. The van der Waals surface area contributed by atoms with Crippen LogP contribution in [0.15, 0.2) is 103 Å². The van der Waals surface area contributed by atoms with Crippen LogP contribution in [0.1, 0.15) is 85.2 Å². The van der Waals surface area contributed by atoms with Crippen molar-refractivity contribution in [2.75, 3.05) is 19.6 Å². The zero-order valence-electron chi connectivity index (χ0n) is 30.6. The number of rotatable bonds is 11. The molecule has 4 aromatic rings. The lowest BCUT2D eigenvalue weighted by Crippen LogP contribution is -2.41. The van der Waals surface area contributed by atoms with Gasteiger partial charge in [0.25, 0.3) is 5.91 Å². The minimum atomic E-state index is -0.980. The molecule has 2 N–H and O–H groups in total. The molecular formula is C44H49N3O7. The Morgan fingerprint density at radius 1 is 0.778 bits per heavy atom. The van der Waals surface area contributed by atoms with E-state index in [1.165, 1.54) is 37.0 Å². The number of likely N-dealkylation sites (tertiary alicyclic amines) is 2. The second-order valence-corrected chi connectivity index (χ2v) is 14.5. The predicted octanol–water partition coefficient (Wildman–Crippen LogP) is 7.21. The summed E-state index contributed by atoms with van der Waals surface area (Å²) in [6.07, 6.45) is 5.44. The molecule has 3 aliphatic rings. The van der Waals surface area contributed by atoms with Gasteiger partial charge in [-0.15, -0.1) is 0 Å². The Bertz CT molecular complexity index is 1860. The van der Waals surface area contributed by atoms with Gasteiger partial charge in [0, 0.05) is 18.5 Å². The second-order valence-electron chi connectivity index (χ2n) is 14.5. The average Bonchev–Trinajstić information content (AvgIpc) is 3.45. The molecule has 3 heterocycles. The second kappa shape index (κ2) is 18.0. The molecule has 4 atom stereocenters. The summed E-state index contributed by atoms with van der Waals surface area (Å²) in [5, 5.41) is 12.2. The fourth-order valence-electron chi connectivity index (χ4n) is 7.62. The minimum absolute atomic E-state index is 0.00101. The first-order chi connectivity index (χ1) is 26.4. The van der Waals surface area contributed by atoms with Crippen molar-refractivity contribution >= 4 is 17.9 Å². The van der Waals surface area contributed by atoms with Gasteiger partial charge in [-0.2, -0.15) is 0 Å². The summed E-state index contributed by atoms with van der Waals surface area (Å²) in [5.74, 6) is -0.810. The largest absolute Gasteiger partial charge is 0.445 e. The fraction of sp³-hybridized carbons (Fsp3) is 0.386. The van der Waals surface area contributed by atoms with Crippen LogP contribution in [0.2, 0.25) is 0 Å². The fourth-order valence-corrected chi connectivity index (χ4v) is 7.62. The van der Waals surface area contributed by atoms with Gasteiger partial charge < -0.3 is 29.5 Å². The molecule has 3 amide bonds. The van der Waals surface area contributed by atoms with Gasteiger partial charge >= 0.3 is 6.09 Å². The Morgan fingerprint density at radius 3 is 2.20 bits per heavy atom. The van der Waals surface area contributed by atoms with E-state index in [4.69, 9.17) is 14.2 Å². The van der Waals surface area contributed by atoms with Gasteiger partial charge in [0.05, 0.1) is 31.8 Å². The Hall–Kier alpha value is -4.87. The molecule has 4 aromatic carbocycles. The molecule has 10 heteroatoms. The number of hydrogen-bond acceptors (Lipinski definition) is 8. The predicted molar refractivity (Wildman–Crippen MR) is 204 cm³/mol. The average molecular weight is 732 g/mol. The van der Waals surface area contributed by atoms with Crippen LogP contribution in [-0.4, -0.2) is 64.6 Å². The summed E-state index contributed by atoms with van der Waals surface area (Å²) in [4.78, 5) is 42.6. The third-order valence-corrected chi connectivity index (χ3v) is 10.6. The van der Waals surface area contributed by atoms with Crippen molar-refractivity contribution in [1.82, 2.24) is 15.1 Å². The van der Waals surface area contributed by atoms with Gasteiger partial charge in [0.15, 0.2) is 6.29 Å². The zero-order chi connectivity index (χ0) is 37.3. The maximum Gasteiger partial charge on any atom is 0.408 e. The van der Waals surface area contributed by atoms with Crippen molar-refractivity contribution in [1.29, 1.82) is 0 Å². The van der Waals surface area contributed by atoms with Gasteiger partial charge in [-0.25, -0.2) is 4.79 Å². The SMILES string of the molecule is O=C(NC1CC(=O)N(Cc2ccccc2-c2ccc(C3OC(CN4CCCCCCC4)CC(c4ccc(CO)cc4)O3)cc2)C1=O)OCc1ccccc1. The number of alkyl carbamates (subject to hydrolysis) is 1. The molecule has 10 nitrogen and oxygen atoms in total. The number of amides is 3.